The van der Waals surface area contributed by atoms with Gasteiger partial charge in [0.15, 0.2) is 0 Å². The van der Waals surface area contributed by atoms with Gasteiger partial charge in [-0.1, -0.05) is 17.7 Å². The lowest BCUT2D eigenvalue weighted by molar-refractivity contribution is 0.0696. The molecule has 82 valence electrons. The molecule has 0 spiro atoms. The summed E-state index contributed by atoms with van der Waals surface area (Å²) in [4.78, 5) is 15.3. The second-order valence-electron chi connectivity index (χ2n) is 3.68. The van der Waals surface area contributed by atoms with Gasteiger partial charge in [0.2, 0.25) is 0 Å². The van der Waals surface area contributed by atoms with E-state index in [1.165, 1.54) is 0 Å². The molecule has 0 fully saturated rings. The van der Waals surface area contributed by atoms with Crippen molar-refractivity contribution >= 4 is 28.5 Å². The van der Waals surface area contributed by atoms with Gasteiger partial charge in [0.1, 0.15) is 0 Å². The molecule has 2 rings (SSSR count). The normalized spacial score (nSPS) is 10.7. The van der Waals surface area contributed by atoms with Crippen molar-refractivity contribution in [2.24, 2.45) is 0 Å². The van der Waals surface area contributed by atoms with Crippen molar-refractivity contribution < 1.29 is 9.90 Å². The van der Waals surface area contributed by atoms with Gasteiger partial charge in [0.25, 0.3) is 0 Å². The fourth-order valence-corrected chi connectivity index (χ4v) is 2.05. The highest BCUT2D eigenvalue weighted by atomic mass is 35.5. The van der Waals surface area contributed by atoms with Crippen molar-refractivity contribution in [3.8, 4) is 0 Å². The Hall–Kier alpha value is -1.61. The lowest BCUT2D eigenvalue weighted by atomic mass is 10.0. The van der Waals surface area contributed by atoms with Crippen LogP contribution in [0.4, 0.5) is 0 Å². The van der Waals surface area contributed by atoms with Crippen LogP contribution in [-0.2, 0) is 0 Å². The molecule has 0 radical (unpaired) electrons. The molecular formula is C12H10ClNO2. The highest BCUT2D eigenvalue weighted by molar-refractivity contribution is 6.35. The molecule has 0 unspecified atom stereocenters. The molecule has 2 aromatic rings. The number of carbonyl (C=O) groups is 1. The van der Waals surface area contributed by atoms with E-state index in [1.54, 1.807) is 25.1 Å². The Morgan fingerprint density at radius 1 is 1.38 bits per heavy atom. The number of aromatic carboxylic acids is 1. The fourth-order valence-electron chi connectivity index (χ4n) is 1.74. The van der Waals surface area contributed by atoms with Crippen molar-refractivity contribution in [3.63, 3.8) is 0 Å². The first-order valence-corrected chi connectivity index (χ1v) is 5.18. The maximum atomic E-state index is 11.0. The maximum Gasteiger partial charge on any atom is 0.336 e. The molecule has 16 heavy (non-hydrogen) atoms. The Morgan fingerprint density at radius 3 is 2.69 bits per heavy atom. The number of aryl methyl sites for hydroxylation is 2. The Balaban J connectivity index is 2.89. The smallest absolute Gasteiger partial charge is 0.336 e. The third-order valence-electron chi connectivity index (χ3n) is 2.54. The van der Waals surface area contributed by atoms with Crippen molar-refractivity contribution in [3.05, 3.63) is 40.0 Å². The summed E-state index contributed by atoms with van der Waals surface area (Å²) in [7, 11) is 0. The zero-order chi connectivity index (χ0) is 11.9. The van der Waals surface area contributed by atoms with Crippen LogP contribution in [0.2, 0.25) is 5.02 Å². The molecule has 0 bridgehead atoms. The molecule has 0 aliphatic carbocycles. The molecule has 1 N–H and O–H groups in total. The number of aromatic nitrogens is 1. The third kappa shape index (κ3) is 1.63. The SMILES string of the molecule is Cc1cc(Cl)c2ccc(C(=O)O)c(C)c2n1. The maximum absolute atomic E-state index is 11.0. The standard InChI is InChI=1S/C12H10ClNO2/c1-6-5-10(13)9-4-3-8(12(15)16)7(2)11(9)14-6/h3-5H,1-2H3,(H,15,16). The van der Waals surface area contributed by atoms with Gasteiger partial charge in [-0.3, -0.25) is 4.98 Å². The number of hydrogen-bond donors (Lipinski definition) is 1. The van der Waals surface area contributed by atoms with Crippen LogP contribution in [0.1, 0.15) is 21.6 Å². The number of benzene rings is 1. The lowest BCUT2D eigenvalue weighted by Crippen LogP contribution is -2.01. The Morgan fingerprint density at radius 2 is 2.06 bits per heavy atom. The number of rotatable bonds is 1. The number of pyridine rings is 1. The van der Waals surface area contributed by atoms with Crippen LogP contribution < -0.4 is 0 Å². The van der Waals surface area contributed by atoms with E-state index in [9.17, 15) is 4.79 Å². The van der Waals surface area contributed by atoms with Crippen LogP contribution in [-0.4, -0.2) is 16.1 Å². The number of carboxylic acids is 1. The molecule has 3 nitrogen and oxygen atoms in total. The Labute approximate surface area is 97.7 Å². The van der Waals surface area contributed by atoms with Gasteiger partial charge in [-0.2, -0.15) is 0 Å². The zero-order valence-corrected chi connectivity index (χ0v) is 9.67. The summed E-state index contributed by atoms with van der Waals surface area (Å²) in [6.45, 7) is 3.58. The highest BCUT2D eigenvalue weighted by Crippen LogP contribution is 2.27. The molecule has 0 aliphatic heterocycles. The minimum absolute atomic E-state index is 0.265. The van der Waals surface area contributed by atoms with E-state index in [0.29, 0.717) is 16.1 Å². The Bertz CT molecular complexity index is 593. The largest absolute Gasteiger partial charge is 0.478 e. The second kappa shape index (κ2) is 3.76. The molecule has 0 saturated carbocycles. The zero-order valence-electron chi connectivity index (χ0n) is 8.91. The van der Waals surface area contributed by atoms with Crippen LogP contribution in [0, 0.1) is 13.8 Å². The molecule has 4 heteroatoms. The molecule has 1 aromatic heterocycles. The molecule has 0 amide bonds. The molecule has 0 atom stereocenters. The van der Waals surface area contributed by atoms with Crippen molar-refractivity contribution in [1.82, 2.24) is 4.98 Å². The topological polar surface area (TPSA) is 50.2 Å². The molecule has 0 aliphatic rings. The van der Waals surface area contributed by atoms with E-state index in [1.807, 2.05) is 6.92 Å². The summed E-state index contributed by atoms with van der Waals surface area (Å²) in [6, 6.07) is 5.02. The van der Waals surface area contributed by atoms with E-state index in [2.05, 4.69) is 4.98 Å². The van der Waals surface area contributed by atoms with E-state index < -0.39 is 5.97 Å². The van der Waals surface area contributed by atoms with Gasteiger partial charge < -0.3 is 5.11 Å². The summed E-state index contributed by atoms with van der Waals surface area (Å²) in [5.41, 5.74) is 2.35. The number of fused-ring (bicyclic) bond motifs is 1. The summed E-state index contributed by atoms with van der Waals surface area (Å²) in [5.74, 6) is -0.946. The first-order chi connectivity index (χ1) is 7.50. The third-order valence-corrected chi connectivity index (χ3v) is 2.86. The van der Waals surface area contributed by atoms with Crippen molar-refractivity contribution in [1.29, 1.82) is 0 Å². The lowest BCUT2D eigenvalue weighted by Gasteiger charge is -2.07. The number of hydrogen-bond acceptors (Lipinski definition) is 2. The van der Waals surface area contributed by atoms with Crippen LogP contribution >= 0.6 is 11.6 Å². The quantitative estimate of drug-likeness (QED) is 0.826. The summed E-state index contributed by atoms with van der Waals surface area (Å²) in [5, 5.41) is 10.4. The van der Waals surface area contributed by atoms with Crippen LogP contribution in [0.15, 0.2) is 18.2 Å². The minimum atomic E-state index is -0.946. The van der Waals surface area contributed by atoms with E-state index in [4.69, 9.17) is 16.7 Å². The summed E-state index contributed by atoms with van der Waals surface area (Å²) in [6.07, 6.45) is 0. The monoisotopic (exact) mass is 235 g/mol. The first-order valence-electron chi connectivity index (χ1n) is 4.80. The van der Waals surface area contributed by atoms with Crippen LogP contribution in [0.5, 0.6) is 0 Å². The number of carboxylic acid groups (broad SMARTS) is 1. The van der Waals surface area contributed by atoms with Crippen LogP contribution in [0.3, 0.4) is 0 Å². The molecule has 0 saturated heterocycles. The van der Waals surface area contributed by atoms with Gasteiger partial charge in [0, 0.05) is 11.1 Å². The molecular weight excluding hydrogens is 226 g/mol. The van der Waals surface area contributed by atoms with Gasteiger partial charge in [-0.05, 0) is 31.5 Å². The van der Waals surface area contributed by atoms with E-state index >= 15 is 0 Å². The Kier molecular flexibility index (Phi) is 2.56. The van der Waals surface area contributed by atoms with E-state index in [0.717, 1.165) is 11.1 Å². The number of halogens is 1. The van der Waals surface area contributed by atoms with Crippen LogP contribution in [0.25, 0.3) is 10.9 Å². The average Bonchev–Trinajstić information content (AvgIpc) is 2.19. The van der Waals surface area contributed by atoms with Gasteiger partial charge in [0.05, 0.1) is 16.1 Å². The van der Waals surface area contributed by atoms with Gasteiger partial charge in [-0.25, -0.2) is 4.79 Å². The predicted octanol–water partition coefficient (Wildman–Crippen LogP) is 3.20. The summed E-state index contributed by atoms with van der Waals surface area (Å²) < 4.78 is 0. The van der Waals surface area contributed by atoms with Crippen molar-refractivity contribution in [2.45, 2.75) is 13.8 Å². The molecule has 1 aromatic carbocycles. The highest BCUT2D eigenvalue weighted by Gasteiger charge is 2.12. The van der Waals surface area contributed by atoms with Crippen molar-refractivity contribution in [2.75, 3.05) is 0 Å². The summed E-state index contributed by atoms with van der Waals surface area (Å²) >= 11 is 6.08. The fraction of sp³-hybridized carbons (Fsp3) is 0.167. The number of nitrogens with zero attached hydrogens (tertiary/aromatic N) is 1. The van der Waals surface area contributed by atoms with Gasteiger partial charge >= 0.3 is 5.97 Å². The molecule has 1 heterocycles. The first kappa shape index (κ1) is 10.9. The van der Waals surface area contributed by atoms with Gasteiger partial charge in [-0.15, -0.1) is 0 Å². The minimum Gasteiger partial charge on any atom is -0.478 e. The average molecular weight is 236 g/mol. The predicted molar refractivity (Wildman–Crippen MR) is 63.2 cm³/mol. The van der Waals surface area contributed by atoms with E-state index in [-0.39, 0.29) is 5.56 Å². The second-order valence-corrected chi connectivity index (χ2v) is 4.09.